The number of ether oxygens (including phenoxy) is 2. The maximum atomic E-state index is 12.9. The molecule has 1 unspecified atom stereocenters. The van der Waals surface area contributed by atoms with Gasteiger partial charge in [-0.2, -0.15) is 13.2 Å². The molecule has 0 bridgehead atoms. The molecule has 2 heterocycles. The largest absolute Gasteiger partial charge is 0.457 e. The van der Waals surface area contributed by atoms with Crippen LogP contribution in [0.25, 0.3) is 0 Å². The lowest BCUT2D eigenvalue weighted by atomic mass is 10.1. The van der Waals surface area contributed by atoms with Crippen LogP contribution in [-0.4, -0.2) is 61.1 Å². The summed E-state index contributed by atoms with van der Waals surface area (Å²) in [5.74, 6) is 0.288. The first-order chi connectivity index (χ1) is 14.9. The topological polar surface area (TPSA) is 42.0 Å². The number of hydrogen-bond acceptors (Lipinski definition) is 4. The Bertz CT molecular complexity index is 905. The zero-order valence-corrected chi connectivity index (χ0v) is 17.1. The molecule has 2 saturated heterocycles. The molecule has 0 N–H and O–H groups in total. The number of carbonyl (C=O) groups excluding carboxylic acids is 1. The van der Waals surface area contributed by atoms with Gasteiger partial charge in [-0.25, -0.2) is 0 Å². The number of rotatable bonds is 5. The van der Waals surface area contributed by atoms with Gasteiger partial charge in [0.05, 0.1) is 11.7 Å². The number of carbonyl (C=O) groups is 1. The van der Waals surface area contributed by atoms with Crippen molar-refractivity contribution >= 4 is 5.91 Å². The molecule has 31 heavy (non-hydrogen) atoms. The second kappa shape index (κ2) is 9.28. The monoisotopic (exact) mass is 434 g/mol. The maximum absolute atomic E-state index is 12.9. The average Bonchev–Trinajstić information content (AvgIpc) is 3.27. The summed E-state index contributed by atoms with van der Waals surface area (Å²) in [6, 6.07) is 11.2. The van der Waals surface area contributed by atoms with Crippen LogP contribution in [0.15, 0.2) is 48.5 Å². The first-order valence-corrected chi connectivity index (χ1v) is 10.5. The maximum Gasteiger partial charge on any atom is 0.416 e. The third kappa shape index (κ3) is 5.57. The van der Waals surface area contributed by atoms with E-state index < -0.39 is 11.7 Å². The van der Waals surface area contributed by atoms with Crippen LogP contribution >= 0.6 is 0 Å². The molecule has 2 aromatic carbocycles. The summed E-state index contributed by atoms with van der Waals surface area (Å²) in [5.41, 5.74) is -0.324. The van der Waals surface area contributed by atoms with Gasteiger partial charge in [-0.05, 0) is 49.2 Å². The molecule has 1 atom stereocenters. The zero-order valence-electron chi connectivity index (χ0n) is 17.1. The van der Waals surface area contributed by atoms with Crippen molar-refractivity contribution in [1.29, 1.82) is 0 Å². The van der Waals surface area contributed by atoms with Gasteiger partial charge in [0.25, 0.3) is 5.91 Å². The van der Waals surface area contributed by atoms with Crippen molar-refractivity contribution in [1.82, 2.24) is 9.80 Å². The minimum atomic E-state index is -4.44. The van der Waals surface area contributed by atoms with E-state index in [1.165, 1.54) is 12.1 Å². The second-order valence-electron chi connectivity index (χ2n) is 7.88. The van der Waals surface area contributed by atoms with Gasteiger partial charge in [0.15, 0.2) is 0 Å². The number of nitrogens with zero attached hydrogens (tertiary/aromatic N) is 2. The van der Waals surface area contributed by atoms with Crippen LogP contribution in [0.5, 0.6) is 11.5 Å². The van der Waals surface area contributed by atoms with Crippen molar-refractivity contribution < 1.29 is 27.4 Å². The highest BCUT2D eigenvalue weighted by atomic mass is 19.4. The van der Waals surface area contributed by atoms with E-state index in [1.807, 2.05) is 0 Å². The van der Waals surface area contributed by atoms with E-state index in [0.717, 1.165) is 51.2 Å². The molecule has 0 aromatic heterocycles. The van der Waals surface area contributed by atoms with Crippen LogP contribution in [-0.2, 0) is 10.9 Å². The molecule has 2 aliphatic heterocycles. The van der Waals surface area contributed by atoms with Gasteiger partial charge in [0.1, 0.15) is 11.5 Å². The number of piperazine rings is 1. The van der Waals surface area contributed by atoms with Crippen LogP contribution in [0, 0.1) is 0 Å². The first-order valence-electron chi connectivity index (χ1n) is 10.5. The molecule has 1 amide bonds. The summed E-state index contributed by atoms with van der Waals surface area (Å²) in [4.78, 5) is 17.0. The molecule has 0 aliphatic carbocycles. The fraction of sp³-hybridized carbons (Fsp3) is 0.435. The van der Waals surface area contributed by atoms with Crippen molar-refractivity contribution in [3.8, 4) is 11.5 Å². The minimum Gasteiger partial charge on any atom is -0.457 e. The quantitative estimate of drug-likeness (QED) is 0.698. The van der Waals surface area contributed by atoms with Gasteiger partial charge in [-0.1, -0.05) is 12.1 Å². The number of alkyl halides is 3. The van der Waals surface area contributed by atoms with E-state index in [0.29, 0.717) is 30.5 Å². The minimum absolute atomic E-state index is 0.0715. The fourth-order valence-corrected chi connectivity index (χ4v) is 3.96. The molecule has 5 nitrogen and oxygen atoms in total. The standard InChI is InChI=1S/C23H25F3N2O3/c24-23(25,26)18-5-2-7-20(15-18)31-19-6-1-4-17(14-19)22(29)28-11-9-27(10-12-28)16-21-8-3-13-30-21/h1-2,4-7,14-15,21H,3,8-13,16H2. The molecule has 8 heteroatoms. The Morgan fingerprint density at radius 2 is 1.74 bits per heavy atom. The first kappa shape index (κ1) is 21.6. The third-order valence-electron chi connectivity index (χ3n) is 5.62. The summed E-state index contributed by atoms with van der Waals surface area (Å²) < 4.78 is 50.0. The molecule has 166 valence electrons. The van der Waals surface area contributed by atoms with E-state index >= 15 is 0 Å². The van der Waals surface area contributed by atoms with Gasteiger partial charge in [0.2, 0.25) is 0 Å². The molecule has 2 fully saturated rings. The lowest BCUT2D eigenvalue weighted by molar-refractivity contribution is -0.137. The van der Waals surface area contributed by atoms with E-state index in [9.17, 15) is 18.0 Å². The number of benzene rings is 2. The summed E-state index contributed by atoms with van der Waals surface area (Å²) in [6.07, 6.45) is -1.93. The summed E-state index contributed by atoms with van der Waals surface area (Å²) in [7, 11) is 0. The average molecular weight is 434 g/mol. The van der Waals surface area contributed by atoms with Crippen molar-refractivity contribution in [2.45, 2.75) is 25.1 Å². The molecule has 2 aliphatic rings. The van der Waals surface area contributed by atoms with E-state index in [-0.39, 0.29) is 11.7 Å². The van der Waals surface area contributed by atoms with Gasteiger partial charge in [0, 0.05) is 44.9 Å². The van der Waals surface area contributed by atoms with Crippen LogP contribution in [0.3, 0.4) is 0 Å². The highest BCUT2D eigenvalue weighted by Crippen LogP contribution is 2.33. The Balaban J connectivity index is 1.36. The Hall–Kier alpha value is -2.58. The van der Waals surface area contributed by atoms with E-state index in [2.05, 4.69) is 4.90 Å². The van der Waals surface area contributed by atoms with Gasteiger partial charge in [-0.15, -0.1) is 0 Å². The molecule has 4 rings (SSSR count). The number of halogens is 3. The fourth-order valence-electron chi connectivity index (χ4n) is 3.96. The zero-order chi connectivity index (χ0) is 21.8. The predicted octanol–water partition coefficient (Wildman–Crippen LogP) is 4.43. The molecule has 0 radical (unpaired) electrons. The van der Waals surface area contributed by atoms with Crippen LogP contribution in [0.1, 0.15) is 28.8 Å². The van der Waals surface area contributed by atoms with Gasteiger partial charge < -0.3 is 14.4 Å². The van der Waals surface area contributed by atoms with Crippen molar-refractivity contribution in [2.24, 2.45) is 0 Å². The van der Waals surface area contributed by atoms with Crippen molar-refractivity contribution in [3.05, 3.63) is 59.7 Å². The molecule has 0 saturated carbocycles. The summed E-state index contributed by atoms with van der Waals surface area (Å²) >= 11 is 0. The van der Waals surface area contributed by atoms with Crippen LogP contribution in [0.2, 0.25) is 0 Å². The SMILES string of the molecule is O=C(c1cccc(Oc2cccc(C(F)(F)F)c2)c1)N1CCN(CC2CCCO2)CC1. The third-order valence-corrected chi connectivity index (χ3v) is 5.62. The number of amides is 1. The van der Waals surface area contributed by atoms with Gasteiger partial charge in [-0.3, -0.25) is 9.69 Å². The Morgan fingerprint density at radius 3 is 2.42 bits per heavy atom. The van der Waals surface area contributed by atoms with Crippen molar-refractivity contribution in [3.63, 3.8) is 0 Å². The molecule has 2 aromatic rings. The highest BCUT2D eigenvalue weighted by molar-refractivity contribution is 5.94. The predicted molar refractivity (Wildman–Crippen MR) is 109 cm³/mol. The second-order valence-corrected chi connectivity index (χ2v) is 7.88. The van der Waals surface area contributed by atoms with E-state index in [4.69, 9.17) is 9.47 Å². The molecular formula is C23H25F3N2O3. The smallest absolute Gasteiger partial charge is 0.416 e. The highest BCUT2D eigenvalue weighted by Gasteiger charge is 2.30. The van der Waals surface area contributed by atoms with Crippen molar-refractivity contribution in [2.75, 3.05) is 39.3 Å². The lowest BCUT2D eigenvalue weighted by Gasteiger charge is -2.35. The lowest BCUT2D eigenvalue weighted by Crippen LogP contribution is -2.50. The Labute approximate surface area is 179 Å². The summed E-state index contributed by atoms with van der Waals surface area (Å²) in [5, 5.41) is 0. The Morgan fingerprint density at radius 1 is 1.03 bits per heavy atom. The van der Waals surface area contributed by atoms with Gasteiger partial charge >= 0.3 is 6.18 Å². The summed E-state index contributed by atoms with van der Waals surface area (Å²) in [6.45, 7) is 4.59. The molecule has 0 spiro atoms. The normalized spacial score (nSPS) is 20.1. The van der Waals surface area contributed by atoms with Crippen LogP contribution < -0.4 is 4.74 Å². The molecular weight excluding hydrogens is 409 g/mol. The number of hydrogen-bond donors (Lipinski definition) is 0. The Kier molecular flexibility index (Phi) is 6.48. The van der Waals surface area contributed by atoms with E-state index in [1.54, 1.807) is 29.2 Å². The van der Waals surface area contributed by atoms with Crippen LogP contribution in [0.4, 0.5) is 13.2 Å².